The summed E-state index contributed by atoms with van der Waals surface area (Å²) in [6.07, 6.45) is 2.43. The Morgan fingerprint density at radius 1 is 1.50 bits per heavy atom. The second-order valence-corrected chi connectivity index (χ2v) is 4.93. The Hall–Kier alpha value is -3.11. The maximum absolute atomic E-state index is 13.7. The van der Waals surface area contributed by atoms with Gasteiger partial charge in [-0.05, 0) is 20.8 Å². The highest BCUT2D eigenvalue weighted by atomic mass is 19.1. The van der Waals surface area contributed by atoms with Crippen molar-refractivity contribution in [3.05, 3.63) is 39.2 Å². The molecular weight excluding hydrogens is 321 g/mol. The normalized spacial score (nSPS) is 11.2. The summed E-state index contributed by atoms with van der Waals surface area (Å²) in [6.45, 7) is 4.87. The molecule has 128 valence electrons. The molecule has 2 heterocycles. The molecule has 0 bridgehead atoms. The van der Waals surface area contributed by atoms with Crippen molar-refractivity contribution >= 4 is 17.8 Å². The fourth-order valence-electron chi connectivity index (χ4n) is 2.14. The van der Waals surface area contributed by atoms with Crippen LogP contribution in [-0.2, 0) is 17.9 Å². The van der Waals surface area contributed by atoms with Crippen LogP contribution in [0.4, 0.5) is 10.1 Å². The number of hydrogen-bond donors (Lipinski definition) is 1. The van der Waals surface area contributed by atoms with Crippen molar-refractivity contribution in [1.82, 2.24) is 25.0 Å². The lowest BCUT2D eigenvalue weighted by Crippen LogP contribution is -2.24. The SMILES string of the molecule is CCn1ncc(C=NNC(=O)Cn2nc(C)c([N+](=O)[O-])c2C)c1F. The van der Waals surface area contributed by atoms with Crippen LogP contribution in [-0.4, -0.2) is 36.6 Å². The van der Waals surface area contributed by atoms with E-state index >= 15 is 0 Å². The van der Waals surface area contributed by atoms with Crippen LogP contribution in [0.2, 0.25) is 0 Å². The van der Waals surface area contributed by atoms with Gasteiger partial charge in [0, 0.05) is 6.54 Å². The maximum Gasteiger partial charge on any atom is 0.312 e. The first-order valence-corrected chi connectivity index (χ1v) is 7.06. The number of hydrogen-bond acceptors (Lipinski definition) is 6. The van der Waals surface area contributed by atoms with Gasteiger partial charge in [0.2, 0.25) is 5.95 Å². The molecule has 0 saturated carbocycles. The Bertz CT molecular complexity index is 809. The molecule has 11 heteroatoms. The van der Waals surface area contributed by atoms with Crippen molar-refractivity contribution in [2.24, 2.45) is 5.10 Å². The molecule has 0 aliphatic heterocycles. The van der Waals surface area contributed by atoms with Gasteiger partial charge in [0.25, 0.3) is 5.91 Å². The number of carbonyl (C=O) groups is 1. The second-order valence-electron chi connectivity index (χ2n) is 4.93. The van der Waals surface area contributed by atoms with Crippen LogP contribution in [0.25, 0.3) is 0 Å². The summed E-state index contributed by atoms with van der Waals surface area (Å²) in [6, 6.07) is 0. The van der Waals surface area contributed by atoms with E-state index in [0.29, 0.717) is 6.54 Å². The molecular formula is C13H16FN7O3. The van der Waals surface area contributed by atoms with E-state index in [1.54, 1.807) is 6.92 Å². The lowest BCUT2D eigenvalue weighted by Gasteiger charge is -2.02. The van der Waals surface area contributed by atoms with Crippen LogP contribution in [0, 0.1) is 29.9 Å². The zero-order valence-electron chi connectivity index (χ0n) is 13.4. The summed E-state index contributed by atoms with van der Waals surface area (Å²) < 4.78 is 16.1. The molecule has 2 aromatic rings. The first kappa shape index (κ1) is 17.2. The van der Waals surface area contributed by atoms with Crippen molar-refractivity contribution in [2.45, 2.75) is 33.9 Å². The predicted octanol–water partition coefficient (Wildman–Crippen LogP) is 0.914. The molecule has 0 atom stereocenters. The maximum atomic E-state index is 13.7. The highest BCUT2D eigenvalue weighted by Gasteiger charge is 2.22. The van der Waals surface area contributed by atoms with Crippen LogP contribution in [0.3, 0.4) is 0 Å². The van der Waals surface area contributed by atoms with Gasteiger partial charge in [-0.1, -0.05) is 0 Å². The number of aryl methyl sites for hydroxylation is 2. The van der Waals surface area contributed by atoms with Crippen LogP contribution >= 0.6 is 0 Å². The number of nitrogens with zero attached hydrogens (tertiary/aromatic N) is 6. The number of hydrazone groups is 1. The van der Waals surface area contributed by atoms with Crippen LogP contribution in [0.1, 0.15) is 23.9 Å². The number of nitro groups is 1. The number of amides is 1. The molecule has 1 N–H and O–H groups in total. The van der Waals surface area contributed by atoms with E-state index in [1.165, 1.54) is 24.7 Å². The average molecular weight is 337 g/mol. The van der Waals surface area contributed by atoms with Gasteiger partial charge in [0.1, 0.15) is 17.9 Å². The molecule has 2 rings (SSSR count). The molecule has 0 aliphatic carbocycles. The van der Waals surface area contributed by atoms with E-state index in [4.69, 9.17) is 0 Å². The van der Waals surface area contributed by atoms with E-state index in [1.807, 2.05) is 0 Å². The first-order valence-electron chi connectivity index (χ1n) is 7.06. The van der Waals surface area contributed by atoms with Gasteiger partial charge in [-0.25, -0.2) is 10.1 Å². The highest BCUT2D eigenvalue weighted by Crippen LogP contribution is 2.21. The number of rotatable bonds is 6. The summed E-state index contributed by atoms with van der Waals surface area (Å²) >= 11 is 0. The lowest BCUT2D eigenvalue weighted by molar-refractivity contribution is -0.386. The molecule has 0 spiro atoms. The fraction of sp³-hybridized carbons (Fsp3) is 0.385. The van der Waals surface area contributed by atoms with Gasteiger partial charge >= 0.3 is 5.69 Å². The standard InChI is InChI=1S/C13H16FN7O3/c1-4-19-13(14)10(6-16-19)5-15-17-11(22)7-20-9(3)12(21(23)24)8(2)18-20/h5-6H,4,7H2,1-3H3,(H,17,22). The Morgan fingerprint density at radius 3 is 2.75 bits per heavy atom. The minimum atomic E-state index is -0.551. The van der Waals surface area contributed by atoms with Crippen LogP contribution in [0.15, 0.2) is 11.3 Å². The second kappa shape index (κ2) is 6.98. The summed E-state index contributed by atoms with van der Waals surface area (Å²) in [5.74, 6) is -1.10. The number of aromatic nitrogens is 4. The van der Waals surface area contributed by atoms with Gasteiger partial charge in [0.05, 0.1) is 22.9 Å². The topological polar surface area (TPSA) is 120 Å². The fourth-order valence-corrected chi connectivity index (χ4v) is 2.14. The molecule has 0 radical (unpaired) electrons. The summed E-state index contributed by atoms with van der Waals surface area (Å²) in [5.41, 5.74) is 2.72. The van der Waals surface area contributed by atoms with Crippen LogP contribution in [0.5, 0.6) is 0 Å². The molecule has 0 aliphatic rings. The summed E-state index contributed by atoms with van der Waals surface area (Å²) in [4.78, 5) is 22.2. The molecule has 10 nitrogen and oxygen atoms in total. The molecule has 2 aromatic heterocycles. The minimum absolute atomic E-state index is 0.125. The smallest absolute Gasteiger partial charge is 0.271 e. The third kappa shape index (κ3) is 3.45. The number of nitrogens with one attached hydrogen (secondary N) is 1. The molecule has 0 aromatic carbocycles. The van der Waals surface area contributed by atoms with Crippen molar-refractivity contribution in [2.75, 3.05) is 0 Å². The molecule has 24 heavy (non-hydrogen) atoms. The number of halogens is 1. The van der Waals surface area contributed by atoms with Gasteiger partial charge in [-0.3, -0.25) is 19.6 Å². The average Bonchev–Trinajstić information content (AvgIpc) is 2.99. The van der Waals surface area contributed by atoms with Gasteiger partial charge < -0.3 is 0 Å². The van der Waals surface area contributed by atoms with Crippen LogP contribution < -0.4 is 5.43 Å². The molecule has 0 fully saturated rings. The molecule has 0 unspecified atom stereocenters. The van der Waals surface area contributed by atoms with E-state index in [-0.39, 0.29) is 29.2 Å². The zero-order valence-corrected chi connectivity index (χ0v) is 13.4. The minimum Gasteiger partial charge on any atom is -0.271 e. The van der Waals surface area contributed by atoms with E-state index < -0.39 is 16.8 Å². The van der Waals surface area contributed by atoms with Gasteiger partial charge in [-0.15, -0.1) is 0 Å². The Labute approximate surface area is 136 Å². The summed E-state index contributed by atoms with van der Waals surface area (Å²) in [7, 11) is 0. The van der Waals surface area contributed by atoms with Gasteiger partial charge in [0.15, 0.2) is 0 Å². The van der Waals surface area contributed by atoms with E-state index in [2.05, 4.69) is 20.7 Å². The van der Waals surface area contributed by atoms with E-state index in [0.717, 1.165) is 10.9 Å². The third-order valence-corrected chi connectivity index (χ3v) is 3.31. The Balaban J connectivity index is 2.01. The summed E-state index contributed by atoms with van der Waals surface area (Å²) in [5, 5.41) is 22.3. The first-order chi connectivity index (χ1) is 11.3. The predicted molar refractivity (Wildman–Crippen MR) is 82.0 cm³/mol. The van der Waals surface area contributed by atoms with Crippen molar-refractivity contribution in [3.8, 4) is 0 Å². The monoisotopic (exact) mass is 337 g/mol. The Morgan fingerprint density at radius 2 is 2.21 bits per heavy atom. The Kier molecular flexibility index (Phi) is 5.02. The highest BCUT2D eigenvalue weighted by molar-refractivity contribution is 5.82. The van der Waals surface area contributed by atoms with Gasteiger partial charge in [-0.2, -0.15) is 19.7 Å². The van der Waals surface area contributed by atoms with Crippen molar-refractivity contribution in [3.63, 3.8) is 0 Å². The lowest BCUT2D eigenvalue weighted by atomic mass is 10.3. The third-order valence-electron chi connectivity index (χ3n) is 3.31. The zero-order chi connectivity index (χ0) is 17.9. The largest absolute Gasteiger partial charge is 0.312 e. The van der Waals surface area contributed by atoms with Crippen molar-refractivity contribution < 1.29 is 14.1 Å². The quantitative estimate of drug-likeness (QED) is 0.477. The molecule has 0 saturated heterocycles. The molecule has 1 amide bonds. The van der Waals surface area contributed by atoms with E-state index in [9.17, 15) is 19.3 Å². The number of carbonyl (C=O) groups excluding carboxylic acids is 1. The van der Waals surface area contributed by atoms with Crippen molar-refractivity contribution in [1.29, 1.82) is 0 Å².